The van der Waals surface area contributed by atoms with Crippen LogP contribution in [0.3, 0.4) is 0 Å². The average Bonchev–Trinajstić information content (AvgIpc) is 3.18. The van der Waals surface area contributed by atoms with Crippen molar-refractivity contribution in [2.24, 2.45) is 15.4 Å². The second-order valence-electron chi connectivity index (χ2n) is 6.58. The van der Waals surface area contributed by atoms with Crippen LogP contribution in [-0.4, -0.2) is 29.2 Å². The Morgan fingerprint density at radius 2 is 1.91 bits per heavy atom. The zero-order valence-electron chi connectivity index (χ0n) is 17.1. The van der Waals surface area contributed by atoms with Gasteiger partial charge in [0.15, 0.2) is 11.6 Å². The number of aromatic nitrogens is 2. The van der Waals surface area contributed by atoms with Crippen LogP contribution in [-0.2, 0) is 14.8 Å². The number of anilines is 1. The Labute approximate surface area is 208 Å². The summed E-state index contributed by atoms with van der Waals surface area (Å²) in [7, 11) is -4.13. The Kier molecular flexibility index (Phi) is 7.44. The predicted octanol–water partition coefficient (Wildman–Crippen LogP) is 5.50. The Bertz CT molecular complexity index is 1480. The number of hydrogen-bond donors (Lipinski definition) is 3. The summed E-state index contributed by atoms with van der Waals surface area (Å²) in [4.78, 5) is 14.6. The van der Waals surface area contributed by atoms with Gasteiger partial charge in [0.2, 0.25) is 15.9 Å². The molecule has 0 atom stereocenters. The summed E-state index contributed by atoms with van der Waals surface area (Å²) < 4.78 is 24.5. The molecule has 176 valence electrons. The first kappa shape index (κ1) is 25.4. The van der Waals surface area contributed by atoms with E-state index in [1.165, 1.54) is 24.4 Å². The van der Waals surface area contributed by atoms with Gasteiger partial charge >= 0.3 is 0 Å². The topological polar surface area (TPSA) is 156 Å². The van der Waals surface area contributed by atoms with Crippen LogP contribution in [0, 0.1) is 6.57 Å². The number of phenolic OH excluding ortho intramolecular Hbond substituents is 1. The van der Waals surface area contributed by atoms with Crippen LogP contribution in [0.5, 0.6) is 5.75 Å². The van der Waals surface area contributed by atoms with E-state index < -0.39 is 10.0 Å². The maximum Gasteiger partial charge on any atom is 0.252 e. The summed E-state index contributed by atoms with van der Waals surface area (Å²) in [6.07, 6.45) is 1.37. The highest BCUT2D eigenvalue weighted by Gasteiger charge is 2.20. The number of benzene rings is 2. The summed E-state index contributed by atoms with van der Waals surface area (Å²) in [6.45, 7) is 9.00. The van der Waals surface area contributed by atoms with Crippen LogP contribution in [0.4, 0.5) is 22.9 Å². The highest BCUT2D eigenvalue weighted by molar-refractivity contribution is 7.89. The monoisotopic (exact) mass is 541 g/mol. The molecule has 0 unspecified atom stereocenters. The molecule has 0 aliphatic rings. The highest BCUT2D eigenvalue weighted by Crippen LogP contribution is 2.39. The van der Waals surface area contributed by atoms with E-state index in [1.54, 1.807) is 6.92 Å². The molecule has 0 bridgehead atoms. The lowest BCUT2D eigenvalue weighted by atomic mass is 10.2. The molecule has 34 heavy (non-hydrogen) atoms. The molecule has 3 rings (SSSR count). The first-order valence-corrected chi connectivity index (χ1v) is 11.9. The lowest BCUT2D eigenvalue weighted by molar-refractivity contribution is -0.115. The molecule has 0 saturated heterocycles. The van der Waals surface area contributed by atoms with Crippen LogP contribution in [0.25, 0.3) is 10.5 Å². The van der Waals surface area contributed by atoms with Gasteiger partial charge in [-0.2, -0.15) is 10.2 Å². The molecule has 1 heterocycles. The highest BCUT2D eigenvalue weighted by atomic mass is 35.5. The number of primary sulfonamides is 1. The van der Waals surface area contributed by atoms with Gasteiger partial charge in [-0.05, 0) is 24.3 Å². The summed E-state index contributed by atoms with van der Waals surface area (Å²) >= 11 is 18.3. The number of aromatic hydroxyl groups is 1. The Hall–Kier alpha value is -3.21. The number of nitrogens with zero attached hydrogens (tertiary/aromatic N) is 5. The predicted molar refractivity (Wildman–Crippen MR) is 127 cm³/mol. The Morgan fingerprint density at radius 3 is 2.53 bits per heavy atom. The molecule has 0 aliphatic heterocycles. The van der Waals surface area contributed by atoms with Crippen LogP contribution >= 0.6 is 34.8 Å². The SMILES string of the molecule is [C-]#[N+]c1cnn(-c2cc(Cl)c(S(N)(=O)=O)cc2Cl)c1N=Nc1cc(Cl)c(O)c(NC(=O)CC)c1. The Balaban J connectivity index is 2.10. The number of nitrogens with one attached hydrogen (secondary N) is 1. The molecule has 3 aromatic rings. The van der Waals surface area contributed by atoms with Crippen LogP contribution < -0.4 is 10.5 Å². The summed E-state index contributed by atoms with van der Waals surface area (Å²) in [6, 6.07) is 4.89. The standard InChI is InChI=1S/C19H14Cl3N7O4S/c1-3-17(30)26-13-5-9(4-12(22)18(13)31)27-28-19-14(24-2)8-25-29(19)15-6-11(21)16(7-10(15)20)34(23,32)33/h4-8,31H,3H2,1H3,(H,26,30)(H2,23,32,33). The molecular formula is C19H14Cl3N7O4S. The maximum atomic E-state index is 11.7. The molecule has 15 heteroatoms. The third kappa shape index (κ3) is 5.30. The number of carbonyl (C=O) groups excluding carboxylic acids is 1. The molecule has 1 aromatic heterocycles. The maximum absolute atomic E-state index is 11.7. The van der Waals surface area contributed by atoms with Gasteiger partial charge in [-0.25, -0.2) is 23.1 Å². The fourth-order valence-corrected chi connectivity index (χ4v) is 4.28. The van der Waals surface area contributed by atoms with E-state index in [9.17, 15) is 18.3 Å². The van der Waals surface area contributed by atoms with E-state index >= 15 is 0 Å². The second kappa shape index (κ2) is 9.96. The minimum Gasteiger partial charge on any atom is -0.504 e. The lowest BCUT2D eigenvalue weighted by Crippen LogP contribution is -2.13. The van der Waals surface area contributed by atoms with E-state index in [-0.39, 0.29) is 66.6 Å². The Morgan fingerprint density at radius 1 is 1.21 bits per heavy atom. The average molecular weight is 543 g/mol. The first-order chi connectivity index (χ1) is 16.0. The van der Waals surface area contributed by atoms with Crippen molar-refractivity contribution in [3.05, 3.63) is 56.9 Å². The zero-order chi connectivity index (χ0) is 25.2. The number of phenols is 1. The fraction of sp³-hybridized carbons (Fsp3) is 0.105. The number of nitrogens with two attached hydrogens (primary N) is 1. The van der Waals surface area contributed by atoms with Crippen molar-refractivity contribution in [3.63, 3.8) is 0 Å². The number of carbonyl (C=O) groups is 1. The number of rotatable bonds is 6. The van der Waals surface area contributed by atoms with E-state index in [4.69, 9.17) is 46.5 Å². The third-order valence-corrected chi connectivity index (χ3v) is 6.25. The lowest BCUT2D eigenvalue weighted by Gasteiger charge is -2.10. The minimum atomic E-state index is -4.13. The molecule has 11 nitrogen and oxygen atoms in total. The normalized spacial score (nSPS) is 11.5. The van der Waals surface area contributed by atoms with Crippen molar-refractivity contribution in [3.8, 4) is 11.4 Å². The number of amides is 1. The van der Waals surface area contributed by atoms with Crippen molar-refractivity contribution >= 4 is 73.6 Å². The van der Waals surface area contributed by atoms with Crippen LogP contribution in [0.1, 0.15) is 13.3 Å². The van der Waals surface area contributed by atoms with Crippen LogP contribution in [0.2, 0.25) is 15.1 Å². The van der Waals surface area contributed by atoms with Gasteiger partial charge < -0.3 is 10.4 Å². The summed E-state index contributed by atoms with van der Waals surface area (Å²) in [5.74, 6) is -0.756. The quantitative estimate of drug-likeness (QED) is 0.213. The van der Waals surface area contributed by atoms with E-state index in [0.29, 0.717) is 0 Å². The van der Waals surface area contributed by atoms with E-state index in [0.717, 1.165) is 10.7 Å². The zero-order valence-corrected chi connectivity index (χ0v) is 20.2. The third-order valence-electron chi connectivity index (χ3n) is 4.29. The molecule has 0 spiro atoms. The number of azo groups is 1. The van der Waals surface area contributed by atoms with Gasteiger partial charge in [-0.15, -0.1) is 5.11 Å². The number of halogens is 3. The van der Waals surface area contributed by atoms with E-state index in [1.807, 2.05) is 0 Å². The first-order valence-electron chi connectivity index (χ1n) is 9.18. The van der Waals surface area contributed by atoms with Gasteiger partial charge in [0, 0.05) is 6.42 Å². The molecule has 1 amide bonds. The fourth-order valence-electron chi connectivity index (χ4n) is 2.66. The second-order valence-corrected chi connectivity index (χ2v) is 9.33. The van der Waals surface area contributed by atoms with Crippen molar-refractivity contribution in [1.29, 1.82) is 0 Å². The number of sulfonamides is 1. The molecule has 0 radical (unpaired) electrons. The molecule has 0 fully saturated rings. The van der Waals surface area contributed by atoms with Gasteiger partial charge in [0.25, 0.3) is 5.69 Å². The van der Waals surface area contributed by atoms with Gasteiger partial charge in [-0.1, -0.05) is 41.7 Å². The van der Waals surface area contributed by atoms with Crippen molar-refractivity contribution in [2.45, 2.75) is 18.2 Å². The minimum absolute atomic E-state index is 0.00385. The summed E-state index contributed by atoms with van der Waals surface area (Å²) in [5, 5.41) is 29.5. The molecular weight excluding hydrogens is 529 g/mol. The molecule has 4 N–H and O–H groups in total. The van der Waals surface area contributed by atoms with Crippen molar-refractivity contribution < 1.29 is 18.3 Å². The smallest absolute Gasteiger partial charge is 0.252 e. The van der Waals surface area contributed by atoms with Gasteiger partial charge in [0.1, 0.15) is 4.90 Å². The number of hydrogen-bond acceptors (Lipinski definition) is 7. The van der Waals surface area contributed by atoms with Gasteiger partial charge in [0.05, 0.1) is 44.9 Å². The summed E-state index contributed by atoms with van der Waals surface area (Å²) in [5.41, 5.74) is 0.283. The van der Waals surface area contributed by atoms with E-state index in [2.05, 4.69) is 25.5 Å². The molecule has 0 aliphatic carbocycles. The molecule has 0 saturated carbocycles. The molecule has 2 aromatic carbocycles. The van der Waals surface area contributed by atoms with Gasteiger partial charge in [-0.3, -0.25) is 4.79 Å². The van der Waals surface area contributed by atoms with Crippen LogP contribution in [0.15, 0.2) is 45.6 Å². The van der Waals surface area contributed by atoms with Crippen molar-refractivity contribution in [1.82, 2.24) is 9.78 Å². The van der Waals surface area contributed by atoms with Crippen molar-refractivity contribution in [2.75, 3.05) is 5.32 Å². The largest absolute Gasteiger partial charge is 0.504 e.